The summed E-state index contributed by atoms with van der Waals surface area (Å²) in [5, 5.41) is 0.869. The molecule has 0 atom stereocenters. The average molecular weight is 213 g/mol. The second-order valence-corrected chi connectivity index (χ2v) is 4.27. The predicted molar refractivity (Wildman–Crippen MR) is 56.0 cm³/mol. The topological polar surface area (TPSA) is 42.1 Å². The summed E-state index contributed by atoms with van der Waals surface area (Å²) in [6, 6.07) is 0. The summed E-state index contributed by atoms with van der Waals surface area (Å²) in [4.78, 5) is 7.20. The van der Waals surface area contributed by atoms with Crippen LogP contribution in [0.5, 0.6) is 0 Å². The molecule has 0 saturated heterocycles. The van der Waals surface area contributed by atoms with Crippen molar-refractivity contribution in [3.8, 4) is 0 Å². The molecule has 1 aliphatic heterocycles. The summed E-state index contributed by atoms with van der Waals surface area (Å²) in [6.07, 6.45) is 4.15. The lowest BCUT2D eigenvalue weighted by Crippen LogP contribution is -2.28. The highest BCUT2D eigenvalue weighted by Gasteiger charge is 2.15. The predicted octanol–water partition coefficient (Wildman–Crippen LogP) is 1.67. The zero-order valence-corrected chi connectivity index (χ0v) is 8.56. The van der Waals surface area contributed by atoms with Crippen LogP contribution in [-0.2, 0) is 6.54 Å². The molecule has 14 heavy (non-hydrogen) atoms. The van der Waals surface area contributed by atoms with E-state index in [1.54, 1.807) is 12.3 Å². The molecule has 0 aromatic carbocycles. The third-order valence-electron chi connectivity index (χ3n) is 2.12. The Bertz CT molecular complexity index is 348. The van der Waals surface area contributed by atoms with E-state index in [9.17, 15) is 4.39 Å². The van der Waals surface area contributed by atoms with Gasteiger partial charge in [-0.1, -0.05) is 0 Å². The third-order valence-corrected chi connectivity index (χ3v) is 3.20. The number of nitrogens with two attached hydrogens (primary N) is 1. The molecule has 1 aromatic rings. The maximum absolute atomic E-state index is 13.0. The van der Waals surface area contributed by atoms with Crippen molar-refractivity contribution in [1.82, 2.24) is 4.98 Å². The van der Waals surface area contributed by atoms with Crippen molar-refractivity contribution < 1.29 is 4.39 Å². The number of hydrogen-bond acceptors (Lipinski definition) is 4. The van der Waals surface area contributed by atoms with Gasteiger partial charge in [0.1, 0.15) is 5.83 Å². The highest BCUT2D eigenvalue weighted by Crippen LogP contribution is 2.25. The van der Waals surface area contributed by atoms with Gasteiger partial charge in [-0.3, -0.25) is 0 Å². The molecular weight excluding hydrogens is 201 g/mol. The van der Waals surface area contributed by atoms with E-state index in [4.69, 9.17) is 5.73 Å². The molecule has 0 radical (unpaired) electrons. The molecule has 2 heterocycles. The van der Waals surface area contributed by atoms with Crippen molar-refractivity contribution in [2.24, 2.45) is 5.73 Å². The van der Waals surface area contributed by atoms with Crippen LogP contribution in [0.2, 0.25) is 0 Å². The normalized spacial score (nSPS) is 17.0. The van der Waals surface area contributed by atoms with Gasteiger partial charge in [-0.25, -0.2) is 9.37 Å². The number of thiazole rings is 1. The molecule has 0 unspecified atom stereocenters. The summed E-state index contributed by atoms with van der Waals surface area (Å²) in [5.41, 5.74) is 5.49. The molecule has 0 bridgehead atoms. The van der Waals surface area contributed by atoms with Gasteiger partial charge in [0.05, 0.1) is 6.54 Å². The first kappa shape index (κ1) is 9.61. The largest absolute Gasteiger partial charge is 0.341 e. The van der Waals surface area contributed by atoms with Gasteiger partial charge in [0.25, 0.3) is 0 Å². The van der Waals surface area contributed by atoms with E-state index in [-0.39, 0.29) is 5.83 Å². The molecule has 0 saturated carbocycles. The molecule has 3 nitrogen and oxygen atoms in total. The van der Waals surface area contributed by atoms with Crippen LogP contribution in [0.1, 0.15) is 11.3 Å². The Morgan fingerprint density at radius 3 is 3.14 bits per heavy atom. The van der Waals surface area contributed by atoms with Crippen molar-refractivity contribution in [2.75, 3.05) is 18.0 Å². The monoisotopic (exact) mass is 213 g/mol. The Kier molecular flexibility index (Phi) is 2.79. The number of halogens is 1. The Hall–Kier alpha value is -0.940. The summed E-state index contributed by atoms with van der Waals surface area (Å²) in [7, 11) is 0. The van der Waals surface area contributed by atoms with Gasteiger partial charge in [0.2, 0.25) is 0 Å². The summed E-state index contributed by atoms with van der Waals surface area (Å²) in [6.45, 7) is 1.69. The summed E-state index contributed by atoms with van der Waals surface area (Å²) < 4.78 is 13.0. The highest BCUT2D eigenvalue weighted by atomic mass is 32.1. The van der Waals surface area contributed by atoms with E-state index in [1.165, 1.54) is 11.3 Å². The third kappa shape index (κ3) is 1.93. The molecule has 2 N–H and O–H groups in total. The van der Waals surface area contributed by atoms with Crippen LogP contribution in [0.25, 0.3) is 0 Å². The van der Waals surface area contributed by atoms with Gasteiger partial charge in [-0.2, -0.15) is 0 Å². The lowest BCUT2D eigenvalue weighted by atomic mass is 10.2. The highest BCUT2D eigenvalue weighted by molar-refractivity contribution is 7.15. The van der Waals surface area contributed by atoms with E-state index >= 15 is 0 Å². The zero-order valence-electron chi connectivity index (χ0n) is 7.74. The first-order valence-electron chi connectivity index (χ1n) is 4.54. The van der Waals surface area contributed by atoms with E-state index in [2.05, 4.69) is 4.98 Å². The Balaban J connectivity index is 2.11. The van der Waals surface area contributed by atoms with Crippen LogP contribution in [0.15, 0.2) is 18.1 Å². The number of nitrogens with zero attached hydrogens (tertiary/aromatic N) is 2. The van der Waals surface area contributed by atoms with Gasteiger partial charge in [0.15, 0.2) is 5.13 Å². The van der Waals surface area contributed by atoms with Gasteiger partial charge < -0.3 is 10.6 Å². The molecule has 1 aromatic heterocycles. The Labute approximate surface area is 86.1 Å². The lowest BCUT2D eigenvalue weighted by Gasteiger charge is -2.23. The average Bonchev–Trinajstić information content (AvgIpc) is 2.66. The lowest BCUT2D eigenvalue weighted by molar-refractivity contribution is 0.574. The molecule has 76 valence electrons. The SMILES string of the molecule is NCc1cnc(N2CCC=C(F)C2)s1. The van der Waals surface area contributed by atoms with E-state index < -0.39 is 0 Å². The fourth-order valence-electron chi connectivity index (χ4n) is 1.40. The minimum absolute atomic E-state index is 0.0688. The van der Waals surface area contributed by atoms with Gasteiger partial charge in [-0.15, -0.1) is 11.3 Å². The van der Waals surface area contributed by atoms with Crippen molar-refractivity contribution in [1.29, 1.82) is 0 Å². The van der Waals surface area contributed by atoms with Crippen LogP contribution >= 0.6 is 11.3 Å². The maximum Gasteiger partial charge on any atom is 0.185 e. The quantitative estimate of drug-likeness (QED) is 0.812. The molecule has 0 fully saturated rings. The van der Waals surface area contributed by atoms with Gasteiger partial charge >= 0.3 is 0 Å². The first-order valence-corrected chi connectivity index (χ1v) is 5.35. The van der Waals surface area contributed by atoms with E-state index in [1.807, 2.05) is 4.90 Å². The van der Waals surface area contributed by atoms with Crippen molar-refractivity contribution >= 4 is 16.5 Å². The van der Waals surface area contributed by atoms with Crippen LogP contribution in [0.3, 0.4) is 0 Å². The minimum Gasteiger partial charge on any atom is -0.341 e. The van der Waals surface area contributed by atoms with Gasteiger partial charge in [0, 0.05) is 24.2 Å². The molecule has 0 spiro atoms. The Morgan fingerprint density at radius 2 is 2.50 bits per heavy atom. The fraction of sp³-hybridized carbons (Fsp3) is 0.444. The molecular formula is C9H12FN3S. The van der Waals surface area contributed by atoms with Crippen molar-refractivity contribution in [3.63, 3.8) is 0 Å². The number of anilines is 1. The van der Waals surface area contributed by atoms with Gasteiger partial charge in [-0.05, 0) is 12.5 Å². The van der Waals surface area contributed by atoms with E-state index in [0.717, 1.165) is 23.0 Å². The van der Waals surface area contributed by atoms with Crippen LogP contribution in [0, 0.1) is 0 Å². The fourth-order valence-corrected chi connectivity index (χ4v) is 2.22. The first-order chi connectivity index (χ1) is 6.79. The van der Waals surface area contributed by atoms with Crippen LogP contribution < -0.4 is 10.6 Å². The zero-order chi connectivity index (χ0) is 9.97. The second-order valence-electron chi connectivity index (χ2n) is 3.17. The van der Waals surface area contributed by atoms with Crippen LogP contribution in [0.4, 0.5) is 9.52 Å². The molecule has 1 aliphatic rings. The summed E-state index contributed by atoms with van der Waals surface area (Å²) in [5.74, 6) is -0.0688. The number of hydrogen-bond donors (Lipinski definition) is 1. The van der Waals surface area contributed by atoms with Crippen molar-refractivity contribution in [2.45, 2.75) is 13.0 Å². The standard InChI is InChI=1S/C9H12FN3S/c10-7-2-1-3-13(6-7)9-12-5-8(4-11)14-9/h2,5H,1,3-4,6,11H2. The minimum atomic E-state index is -0.0688. The second kappa shape index (κ2) is 4.06. The molecule has 5 heteroatoms. The van der Waals surface area contributed by atoms with Crippen molar-refractivity contribution in [3.05, 3.63) is 23.0 Å². The molecule has 0 amide bonds. The molecule has 0 aliphatic carbocycles. The number of rotatable bonds is 2. The van der Waals surface area contributed by atoms with E-state index in [0.29, 0.717) is 13.1 Å². The smallest absolute Gasteiger partial charge is 0.185 e. The number of aromatic nitrogens is 1. The summed E-state index contributed by atoms with van der Waals surface area (Å²) >= 11 is 1.54. The molecule has 2 rings (SSSR count). The Morgan fingerprint density at radius 1 is 1.64 bits per heavy atom. The van der Waals surface area contributed by atoms with Crippen LogP contribution in [-0.4, -0.2) is 18.1 Å². The maximum atomic E-state index is 13.0.